The Morgan fingerprint density at radius 3 is 2.48 bits per heavy atom. The highest BCUT2D eigenvalue weighted by atomic mass is 16.5. The lowest BCUT2D eigenvalue weighted by Crippen LogP contribution is -2.36. The van der Waals surface area contributed by atoms with E-state index in [1.165, 1.54) is 0 Å². The van der Waals surface area contributed by atoms with E-state index in [-0.39, 0.29) is 18.5 Å². The summed E-state index contributed by atoms with van der Waals surface area (Å²) in [5, 5.41) is 4.08. The number of carbonyl (C=O) groups excluding carboxylic acids is 1. The van der Waals surface area contributed by atoms with Gasteiger partial charge in [0.05, 0.1) is 0 Å². The molecule has 0 N–H and O–H groups in total. The molecular weight excluding hydrogens is 338 g/mol. The van der Waals surface area contributed by atoms with Crippen LogP contribution in [0.5, 0.6) is 0 Å². The van der Waals surface area contributed by atoms with E-state index in [9.17, 15) is 4.79 Å². The molecule has 0 atom stereocenters. The molecule has 3 rings (SSSR count). The summed E-state index contributed by atoms with van der Waals surface area (Å²) in [5.74, 6) is 0.937. The quantitative estimate of drug-likeness (QED) is 0.658. The minimum absolute atomic E-state index is 0.00697. The average Bonchev–Trinajstić information content (AvgIpc) is 3.08. The molecule has 0 aliphatic rings. The van der Waals surface area contributed by atoms with Gasteiger partial charge in [0.2, 0.25) is 11.7 Å². The Morgan fingerprint density at radius 2 is 1.81 bits per heavy atom. The van der Waals surface area contributed by atoms with Gasteiger partial charge in [0, 0.05) is 17.2 Å². The number of aromatic nitrogens is 2. The van der Waals surface area contributed by atoms with Crippen molar-refractivity contribution < 1.29 is 9.32 Å². The molecule has 0 fully saturated rings. The van der Waals surface area contributed by atoms with Crippen LogP contribution in [0.2, 0.25) is 0 Å². The zero-order valence-electron chi connectivity index (χ0n) is 16.5. The van der Waals surface area contributed by atoms with Gasteiger partial charge in [-0.1, -0.05) is 46.6 Å². The molecular formula is C22H25N3O2. The Balaban J connectivity index is 1.84. The summed E-state index contributed by atoms with van der Waals surface area (Å²) < 4.78 is 5.42. The number of aryl methyl sites for hydroxylation is 3. The number of carbonyl (C=O) groups is 1. The molecule has 140 valence electrons. The molecule has 5 nitrogen and oxygen atoms in total. The summed E-state index contributed by atoms with van der Waals surface area (Å²) >= 11 is 0. The summed E-state index contributed by atoms with van der Waals surface area (Å²) in [4.78, 5) is 19.3. The molecule has 3 aromatic rings. The Morgan fingerprint density at radius 1 is 1.07 bits per heavy atom. The molecule has 0 aliphatic heterocycles. The SMILES string of the molecule is Cc1cccc(-c2noc(CN(C(=O)c3ccc(C)cc3C)C(C)C)n2)c1. The van der Waals surface area contributed by atoms with Gasteiger partial charge in [-0.25, -0.2) is 0 Å². The fraction of sp³-hybridized carbons (Fsp3) is 0.318. The molecule has 1 heterocycles. The molecule has 0 aliphatic carbocycles. The van der Waals surface area contributed by atoms with Crippen molar-refractivity contribution in [2.75, 3.05) is 0 Å². The monoisotopic (exact) mass is 363 g/mol. The first-order valence-electron chi connectivity index (χ1n) is 9.13. The van der Waals surface area contributed by atoms with Crippen LogP contribution in [0, 0.1) is 20.8 Å². The van der Waals surface area contributed by atoms with Crippen LogP contribution in [0.3, 0.4) is 0 Å². The largest absolute Gasteiger partial charge is 0.337 e. The van der Waals surface area contributed by atoms with Crippen molar-refractivity contribution >= 4 is 5.91 Å². The number of benzene rings is 2. The molecule has 0 saturated carbocycles. The average molecular weight is 363 g/mol. The number of nitrogens with zero attached hydrogens (tertiary/aromatic N) is 3. The minimum atomic E-state index is -0.0298. The number of amides is 1. The molecule has 0 spiro atoms. The van der Waals surface area contributed by atoms with Crippen molar-refractivity contribution in [1.82, 2.24) is 15.0 Å². The maximum atomic E-state index is 13.1. The van der Waals surface area contributed by atoms with E-state index in [0.29, 0.717) is 17.3 Å². The Labute approximate surface area is 160 Å². The summed E-state index contributed by atoms with van der Waals surface area (Å²) in [6, 6.07) is 13.8. The van der Waals surface area contributed by atoms with Gasteiger partial charge in [-0.2, -0.15) is 4.98 Å². The smallest absolute Gasteiger partial charge is 0.254 e. The van der Waals surface area contributed by atoms with Gasteiger partial charge in [0.1, 0.15) is 6.54 Å². The third-order valence-corrected chi connectivity index (χ3v) is 4.55. The first-order valence-corrected chi connectivity index (χ1v) is 9.13. The van der Waals surface area contributed by atoms with Crippen LogP contribution < -0.4 is 0 Å². The van der Waals surface area contributed by atoms with Gasteiger partial charge in [0.25, 0.3) is 5.91 Å². The van der Waals surface area contributed by atoms with Crippen molar-refractivity contribution in [2.45, 2.75) is 47.2 Å². The van der Waals surface area contributed by atoms with E-state index >= 15 is 0 Å². The summed E-state index contributed by atoms with van der Waals surface area (Å²) in [5.41, 5.74) is 4.85. The maximum Gasteiger partial charge on any atom is 0.254 e. The van der Waals surface area contributed by atoms with Crippen LogP contribution >= 0.6 is 0 Å². The van der Waals surface area contributed by atoms with Gasteiger partial charge in [-0.05, 0) is 52.3 Å². The van der Waals surface area contributed by atoms with Crippen LogP contribution in [0.15, 0.2) is 47.0 Å². The molecule has 0 radical (unpaired) electrons. The third kappa shape index (κ3) is 4.25. The van der Waals surface area contributed by atoms with Crippen molar-refractivity contribution in [1.29, 1.82) is 0 Å². The fourth-order valence-corrected chi connectivity index (χ4v) is 3.06. The van der Waals surface area contributed by atoms with E-state index in [1.54, 1.807) is 4.90 Å². The first-order chi connectivity index (χ1) is 12.8. The predicted octanol–water partition coefficient (Wildman–Crippen LogP) is 4.71. The maximum absolute atomic E-state index is 13.1. The Kier molecular flexibility index (Phi) is 5.40. The molecule has 0 saturated heterocycles. The molecule has 2 aromatic carbocycles. The van der Waals surface area contributed by atoms with Crippen LogP contribution in [-0.4, -0.2) is 27.0 Å². The minimum Gasteiger partial charge on any atom is -0.337 e. The molecule has 0 bridgehead atoms. The van der Waals surface area contributed by atoms with E-state index in [4.69, 9.17) is 4.52 Å². The molecule has 27 heavy (non-hydrogen) atoms. The lowest BCUT2D eigenvalue weighted by Gasteiger charge is -2.26. The van der Waals surface area contributed by atoms with Gasteiger partial charge >= 0.3 is 0 Å². The van der Waals surface area contributed by atoms with Gasteiger partial charge in [0.15, 0.2) is 0 Å². The van der Waals surface area contributed by atoms with Crippen molar-refractivity contribution in [3.8, 4) is 11.4 Å². The third-order valence-electron chi connectivity index (χ3n) is 4.55. The van der Waals surface area contributed by atoms with Crippen molar-refractivity contribution in [3.63, 3.8) is 0 Å². The number of hydrogen-bond acceptors (Lipinski definition) is 4. The van der Waals surface area contributed by atoms with E-state index in [0.717, 1.165) is 22.3 Å². The standard InChI is InChI=1S/C22H25N3O2/c1-14(2)25(22(26)19-10-9-16(4)11-17(19)5)13-20-23-21(24-27-20)18-8-6-7-15(3)12-18/h6-12,14H,13H2,1-5H3. The summed E-state index contributed by atoms with van der Waals surface area (Å²) in [6.45, 7) is 10.3. The molecule has 1 amide bonds. The fourth-order valence-electron chi connectivity index (χ4n) is 3.06. The normalized spacial score (nSPS) is 11.0. The Bertz CT molecular complexity index is 960. The van der Waals surface area contributed by atoms with Crippen LogP contribution in [-0.2, 0) is 6.54 Å². The van der Waals surface area contributed by atoms with E-state index < -0.39 is 0 Å². The van der Waals surface area contributed by atoms with E-state index in [2.05, 4.69) is 10.1 Å². The zero-order valence-corrected chi connectivity index (χ0v) is 16.5. The lowest BCUT2D eigenvalue weighted by atomic mass is 10.0. The molecule has 5 heteroatoms. The second-order valence-corrected chi connectivity index (χ2v) is 7.23. The van der Waals surface area contributed by atoms with Gasteiger partial charge < -0.3 is 9.42 Å². The van der Waals surface area contributed by atoms with Crippen LogP contribution in [0.4, 0.5) is 0 Å². The van der Waals surface area contributed by atoms with Crippen molar-refractivity contribution in [3.05, 3.63) is 70.6 Å². The van der Waals surface area contributed by atoms with Gasteiger partial charge in [-0.15, -0.1) is 0 Å². The second kappa shape index (κ2) is 7.74. The highest BCUT2D eigenvalue weighted by Crippen LogP contribution is 2.20. The van der Waals surface area contributed by atoms with Gasteiger partial charge in [-0.3, -0.25) is 4.79 Å². The van der Waals surface area contributed by atoms with Crippen LogP contribution in [0.1, 0.15) is 46.8 Å². The number of hydrogen-bond donors (Lipinski definition) is 0. The van der Waals surface area contributed by atoms with Crippen LogP contribution in [0.25, 0.3) is 11.4 Å². The predicted molar refractivity (Wildman–Crippen MR) is 105 cm³/mol. The highest BCUT2D eigenvalue weighted by Gasteiger charge is 2.23. The van der Waals surface area contributed by atoms with Crippen molar-refractivity contribution in [2.24, 2.45) is 0 Å². The number of rotatable bonds is 5. The lowest BCUT2D eigenvalue weighted by molar-refractivity contribution is 0.0666. The summed E-state index contributed by atoms with van der Waals surface area (Å²) in [7, 11) is 0. The molecule has 1 aromatic heterocycles. The molecule has 0 unspecified atom stereocenters. The highest BCUT2D eigenvalue weighted by molar-refractivity contribution is 5.95. The Hall–Kier alpha value is -2.95. The van der Waals surface area contributed by atoms with E-state index in [1.807, 2.05) is 77.1 Å². The second-order valence-electron chi connectivity index (χ2n) is 7.23. The zero-order chi connectivity index (χ0) is 19.6. The summed E-state index contributed by atoms with van der Waals surface area (Å²) in [6.07, 6.45) is 0. The first kappa shape index (κ1) is 18.8. The topological polar surface area (TPSA) is 59.2 Å².